The van der Waals surface area contributed by atoms with Gasteiger partial charge in [0.2, 0.25) is 0 Å². The molecule has 0 spiro atoms. The molecule has 64 valence electrons. The van der Waals surface area contributed by atoms with Crippen LogP contribution in [-0.2, 0) is 0 Å². The third kappa shape index (κ3) is 1.88. The van der Waals surface area contributed by atoms with E-state index < -0.39 is 5.97 Å². The third-order valence-electron chi connectivity index (χ3n) is 1.38. The van der Waals surface area contributed by atoms with Crippen LogP contribution >= 0.6 is 22.6 Å². The fraction of sp³-hybridized carbons (Fsp3) is 0.125. The van der Waals surface area contributed by atoms with E-state index >= 15 is 0 Å². The minimum absolute atomic E-state index is 0.0814. The first-order valence-electron chi connectivity index (χ1n) is 3.20. The highest BCUT2D eigenvalue weighted by atomic mass is 127. The van der Waals surface area contributed by atoms with Gasteiger partial charge in [-0.15, -0.1) is 0 Å². The maximum Gasteiger partial charge on any atom is 0.128 e. The number of carbonyl (C=O) groups is 1. The molecule has 0 saturated carbocycles. The van der Waals surface area contributed by atoms with Crippen LogP contribution in [0.4, 0.5) is 0 Å². The van der Waals surface area contributed by atoms with E-state index in [4.69, 9.17) is 4.74 Å². The van der Waals surface area contributed by atoms with E-state index in [1.807, 2.05) is 0 Å². The second-order valence-electron chi connectivity index (χ2n) is 2.13. The average Bonchev–Trinajstić information content (AvgIpc) is 2.03. The smallest absolute Gasteiger partial charge is 0.128 e. The Morgan fingerprint density at radius 3 is 2.75 bits per heavy atom. The zero-order valence-corrected chi connectivity index (χ0v) is 8.49. The summed E-state index contributed by atoms with van der Waals surface area (Å²) in [5, 5.41) is 10.5. The van der Waals surface area contributed by atoms with Crippen molar-refractivity contribution in [3.63, 3.8) is 0 Å². The van der Waals surface area contributed by atoms with E-state index in [9.17, 15) is 9.90 Å². The Hall–Kier alpha value is -0.780. The normalized spacial score (nSPS) is 9.50. The van der Waals surface area contributed by atoms with Gasteiger partial charge in [-0.2, -0.15) is 0 Å². The van der Waals surface area contributed by atoms with Gasteiger partial charge in [0.25, 0.3) is 0 Å². The van der Waals surface area contributed by atoms with Gasteiger partial charge in [0.1, 0.15) is 5.75 Å². The van der Waals surface area contributed by atoms with Gasteiger partial charge in [0.15, 0.2) is 0 Å². The molecule has 0 aliphatic carbocycles. The molecule has 0 aromatic heterocycles. The van der Waals surface area contributed by atoms with Crippen molar-refractivity contribution in [1.82, 2.24) is 0 Å². The van der Waals surface area contributed by atoms with Gasteiger partial charge in [0.05, 0.1) is 13.1 Å². The minimum atomic E-state index is -1.22. The standard InChI is InChI=1S/C8H7IO3/c1-12-7-4-5(9)2-3-6(7)8(10)11/h2-4H,1H3,(H,10,11)/p-1. The van der Waals surface area contributed by atoms with Crippen molar-refractivity contribution in [1.29, 1.82) is 0 Å². The fourth-order valence-electron chi connectivity index (χ4n) is 0.834. The highest BCUT2D eigenvalue weighted by Crippen LogP contribution is 2.20. The topological polar surface area (TPSA) is 49.4 Å². The van der Waals surface area contributed by atoms with Crippen molar-refractivity contribution in [2.75, 3.05) is 7.11 Å². The number of aromatic carboxylic acids is 1. The van der Waals surface area contributed by atoms with Gasteiger partial charge < -0.3 is 14.6 Å². The molecule has 3 nitrogen and oxygen atoms in total. The lowest BCUT2D eigenvalue weighted by Crippen LogP contribution is -2.22. The van der Waals surface area contributed by atoms with E-state index in [-0.39, 0.29) is 5.56 Å². The first-order chi connectivity index (χ1) is 5.65. The molecular formula is C8H6IO3-. The number of benzene rings is 1. The highest BCUT2D eigenvalue weighted by Gasteiger charge is 2.03. The molecule has 1 rings (SSSR count). The van der Waals surface area contributed by atoms with Crippen molar-refractivity contribution in [3.05, 3.63) is 27.3 Å². The molecule has 1 aromatic carbocycles. The molecular weight excluding hydrogens is 271 g/mol. The Kier molecular flexibility index (Phi) is 2.91. The Bertz CT molecular complexity index is 309. The second kappa shape index (κ2) is 3.75. The lowest BCUT2D eigenvalue weighted by Gasteiger charge is -2.08. The van der Waals surface area contributed by atoms with Crippen LogP contribution < -0.4 is 9.84 Å². The highest BCUT2D eigenvalue weighted by molar-refractivity contribution is 14.1. The van der Waals surface area contributed by atoms with Crippen molar-refractivity contribution >= 4 is 28.6 Å². The molecule has 0 heterocycles. The predicted octanol–water partition coefficient (Wildman–Crippen LogP) is 0.663. The van der Waals surface area contributed by atoms with Gasteiger partial charge in [0, 0.05) is 9.13 Å². The van der Waals surface area contributed by atoms with Gasteiger partial charge in [-0.05, 0) is 40.8 Å². The Labute approximate surface area is 83.5 Å². The van der Waals surface area contributed by atoms with E-state index in [0.717, 1.165) is 3.57 Å². The van der Waals surface area contributed by atoms with Crippen LogP contribution in [0.3, 0.4) is 0 Å². The molecule has 0 N–H and O–H groups in total. The number of carbonyl (C=O) groups excluding carboxylic acids is 1. The number of halogens is 1. The van der Waals surface area contributed by atoms with Gasteiger partial charge in [-0.1, -0.05) is 0 Å². The maximum atomic E-state index is 10.5. The van der Waals surface area contributed by atoms with E-state index in [2.05, 4.69) is 22.6 Å². The number of hydrogen-bond acceptors (Lipinski definition) is 3. The molecule has 0 fully saturated rings. The van der Waals surface area contributed by atoms with Crippen molar-refractivity contribution in [2.45, 2.75) is 0 Å². The van der Waals surface area contributed by atoms with E-state index in [1.165, 1.54) is 13.2 Å². The molecule has 0 aliphatic rings. The lowest BCUT2D eigenvalue weighted by atomic mass is 10.2. The molecule has 0 saturated heterocycles. The SMILES string of the molecule is COc1cc(I)ccc1C(=O)[O-]. The average molecular weight is 277 g/mol. The summed E-state index contributed by atoms with van der Waals surface area (Å²) in [6.45, 7) is 0. The molecule has 12 heavy (non-hydrogen) atoms. The fourth-order valence-corrected chi connectivity index (χ4v) is 1.30. The van der Waals surface area contributed by atoms with Crippen LogP contribution in [0.15, 0.2) is 18.2 Å². The summed E-state index contributed by atoms with van der Waals surface area (Å²) in [4.78, 5) is 10.5. The Morgan fingerprint density at radius 1 is 1.58 bits per heavy atom. The summed E-state index contributed by atoms with van der Waals surface area (Å²) in [7, 11) is 1.43. The molecule has 0 bridgehead atoms. The van der Waals surface area contributed by atoms with E-state index in [0.29, 0.717) is 5.75 Å². The predicted molar refractivity (Wildman–Crippen MR) is 50.0 cm³/mol. The Balaban J connectivity index is 3.20. The molecule has 1 aromatic rings. The minimum Gasteiger partial charge on any atom is -0.545 e. The Morgan fingerprint density at radius 2 is 2.25 bits per heavy atom. The summed E-state index contributed by atoms with van der Waals surface area (Å²) >= 11 is 2.08. The van der Waals surface area contributed by atoms with E-state index in [1.54, 1.807) is 12.1 Å². The van der Waals surface area contributed by atoms with Crippen LogP contribution in [0.2, 0.25) is 0 Å². The number of methoxy groups -OCH3 is 1. The summed E-state index contributed by atoms with van der Waals surface area (Å²) in [6, 6.07) is 4.80. The van der Waals surface area contributed by atoms with Crippen LogP contribution in [0.1, 0.15) is 10.4 Å². The summed E-state index contributed by atoms with van der Waals surface area (Å²) in [5.41, 5.74) is 0.0814. The number of carboxylic acids is 1. The van der Waals surface area contributed by atoms with Crippen LogP contribution in [0.25, 0.3) is 0 Å². The second-order valence-corrected chi connectivity index (χ2v) is 3.38. The summed E-state index contributed by atoms with van der Waals surface area (Å²) in [6.07, 6.45) is 0. The first-order valence-corrected chi connectivity index (χ1v) is 4.28. The van der Waals surface area contributed by atoms with Crippen molar-refractivity contribution in [3.8, 4) is 5.75 Å². The number of hydrogen-bond donors (Lipinski definition) is 0. The molecule has 0 amide bonds. The molecule has 4 heteroatoms. The van der Waals surface area contributed by atoms with Gasteiger partial charge in [-0.25, -0.2) is 0 Å². The number of ether oxygens (including phenoxy) is 1. The summed E-state index contributed by atoms with van der Waals surface area (Å²) in [5.74, 6) is -0.884. The quantitative estimate of drug-likeness (QED) is 0.746. The zero-order valence-electron chi connectivity index (χ0n) is 6.33. The summed E-state index contributed by atoms with van der Waals surface area (Å²) < 4.78 is 5.79. The lowest BCUT2D eigenvalue weighted by molar-refractivity contribution is -0.255. The zero-order chi connectivity index (χ0) is 9.14. The molecule has 0 radical (unpaired) electrons. The largest absolute Gasteiger partial charge is 0.545 e. The molecule has 0 atom stereocenters. The maximum absolute atomic E-state index is 10.5. The van der Waals surface area contributed by atoms with Crippen molar-refractivity contribution < 1.29 is 14.6 Å². The number of rotatable bonds is 2. The third-order valence-corrected chi connectivity index (χ3v) is 2.05. The van der Waals surface area contributed by atoms with Gasteiger partial charge in [-0.3, -0.25) is 0 Å². The molecule has 0 unspecified atom stereocenters. The number of carboxylic acid groups (broad SMARTS) is 1. The van der Waals surface area contributed by atoms with Crippen LogP contribution in [0.5, 0.6) is 5.75 Å². The van der Waals surface area contributed by atoms with Crippen molar-refractivity contribution in [2.24, 2.45) is 0 Å². The monoisotopic (exact) mass is 277 g/mol. The van der Waals surface area contributed by atoms with Crippen LogP contribution in [-0.4, -0.2) is 13.1 Å². The van der Waals surface area contributed by atoms with Gasteiger partial charge >= 0.3 is 0 Å². The first kappa shape index (κ1) is 9.31. The molecule has 0 aliphatic heterocycles. The van der Waals surface area contributed by atoms with Crippen LogP contribution in [0, 0.1) is 3.57 Å².